The molecule has 5 nitrogen and oxygen atoms in total. The van der Waals surface area contributed by atoms with Crippen LogP contribution in [0.25, 0.3) is 142 Å². The molecule has 0 amide bonds. The van der Waals surface area contributed by atoms with E-state index in [2.05, 4.69) is 203 Å². The SMILES string of the molecule is c1ccc(-c2nc(-c3cccc(-n4c5ccc(-c6ccc7c(c6)c6ccccc6n7-c6ccccc6)cc5c5cc6ccc7c8ccccc8sc7c6cc54)c3)nc3oc4ccccc4c23)cc1. The van der Waals surface area contributed by atoms with Gasteiger partial charge in [-0.05, 0) is 95.4 Å². The fourth-order valence-corrected chi connectivity index (χ4v) is 12.1. The minimum absolute atomic E-state index is 0.575. The number of hydrogen-bond acceptors (Lipinski definition) is 4. The van der Waals surface area contributed by atoms with Crippen molar-refractivity contribution in [2.45, 2.75) is 0 Å². The van der Waals surface area contributed by atoms with Gasteiger partial charge in [0.15, 0.2) is 5.82 Å². The lowest BCUT2D eigenvalue weighted by atomic mass is 9.99. The Kier molecular flexibility index (Phi) is 7.88. The van der Waals surface area contributed by atoms with Crippen molar-refractivity contribution in [1.29, 1.82) is 0 Å². The predicted molar refractivity (Wildman–Crippen MR) is 285 cm³/mol. The topological polar surface area (TPSA) is 48.8 Å². The van der Waals surface area contributed by atoms with Gasteiger partial charge in [-0.2, -0.15) is 4.98 Å². The number of hydrogen-bond donors (Lipinski definition) is 0. The largest absolute Gasteiger partial charge is 0.438 e. The molecule has 0 spiro atoms. The molecule has 0 aliphatic carbocycles. The van der Waals surface area contributed by atoms with Crippen LogP contribution in [0.1, 0.15) is 0 Å². The van der Waals surface area contributed by atoms with Crippen molar-refractivity contribution >= 4 is 108 Å². The lowest BCUT2D eigenvalue weighted by Gasteiger charge is -2.12. The first-order valence-electron chi connectivity index (χ1n) is 23.0. The number of rotatable bonds is 5. The molecule has 68 heavy (non-hydrogen) atoms. The van der Waals surface area contributed by atoms with E-state index >= 15 is 0 Å². The maximum atomic E-state index is 6.45. The zero-order valence-electron chi connectivity index (χ0n) is 36.4. The van der Waals surface area contributed by atoms with Gasteiger partial charge in [-0.25, -0.2) is 4.98 Å². The summed E-state index contributed by atoms with van der Waals surface area (Å²) in [6.07, 6.45) is 0. The third-order valence-electron chi connectivity index (χ3n) is 13.9. The van der Waals surface area contributed by atoms with Gasteiger partial charge in [0, 0.05) is 75.0 Å². The van der Waals surface area contributed by atoms with Crippen LogP contribution in [0.4, 0.5) is 0 Å². The van der Waals surface area contributed by atoms with Crippen molar-refractivity contribution in [1.82, 2.24) is 19.1 Å². The lowest BCUT2D eigenvalue weighted by Crippen LogP contribution is -1.97. The molecule has 0 fully saturated rings. The predicted octanol–water partition coefficient (Wildman–Crippen LogP) is 17.1. The number of furan rings is 1. The number of aromatic nitrogens is 4. The zero-order chi connectivity index (χ0) is 44.5. The maximum Gasteiger partial charge on any atom is 0.231 e. The molecule has 15 aromatic rings. The first kappa shape index (κ1) is 37.4. The highest BCUT2D eigenvalue weighted by molar-refractivity contribution is 7.26. The van der Waals surface area contributed by atoms with Crippen LogP contribution >= 0.6 is 11.3 Å². The van der Waals surface area contributed by atoms with Gasteiger partial charge in [0.25, 0.3) is 0 Å². The molecular weight excluding hydrogens is 849 g/mol. The number of para-hydroxylation sites is 3. The Morgan fingerprint density at radius 3 is 1.82 bits per heavy atom. The molecule has 0 aliphatic heterocycles. The zero-order valence-corrected chi connectivity index (χ0v) is 37.2. The Bertz CT molecular complexity index is 4560. The molecule has 15 rings (SSSR count). The van der Waals surface area contributed by atoms with E-state index in [0.717, 1.165) is 55.6 Å². The summed E-state index contributed by atoms with van der Waals surface area (Å²) in [6.45, 7) is 0. The Morgan fingerprint density at radius 2 is 1.00 bits per heavy atom. The highest BCUT2D eigenvalue weighted by atomic mass is 32.1. The molecular formula is C62H36N4OS. The molecule has 0 saturated heterocycles. The number of thiophene rings is 1. The quantitative estimate of drug-likeness (QED) is 0.173. The average Bonchev–Trinajstić information content (AvgIpc) is 4.16. The molecule has 0 N–H and O–H groups in total. The summed E-state index contributed by atoms with van der Waals surface area (Å²) in [5, 5.41) is 11.9. The maximum absolute atomic E-state index is 6.45. The Balaban J connectivity index is 0.959. The smallest absolute Gasteiger partial charge is 0.231 e. The summed E-state index contributed by atoms with van der Waals surface area (Å²) in [4.78, 5) is 10.5. The van der Waals surface area contributed by atoms with Gasteiger partial charge < -0.3 is 13.6 Å². The molecule has 6 heteroatoms. The van der Waals surface area contributed by atoms with E-state index in [0.29, 0.717) is 11.5 Å². The fourth-order valence-electron chi connectivity index (χ4n) is 10.8. The van der Waals surface area contributed by atoms with Gasteiger partial charge in [-0.15, -0.1) is 11.3 Å². The van der Waals surface area contributed by atoms with Crippen LogP contribution in [0.3, 0.4) is 0 Å². The number of nitrogens with zero attached hydrogens (tertiary/aromatic N) is 4. The molecule has 5 aromatic heterocycles. The van der Waals surface area contributed by atoms with Crippen LogP contribution in [-0.2, 0) is 0 Å². The van der Waals surface area contributed by atoms with E-state index in [1.165, 1.54) is 74.6 Å². The standard InChI is InChI=1S/C62H36N4OS/c1-3-14-37(15-4-1)59-58-47-22-8-11-24-56(47)67-62(58)64-61(63-59)41-16-13-19-43(32-41)66-54-31-28-39(38-27-30-53-49(33-38)44-20-7-10-23-52(44)65(53)42-17-5-2-6-18-42)34-50(54)51-35-40-26-29-46-45-21-9-12-25-57(45)68-60(46)48(40)36-55(51)66/h1-36H. The summed E-state index contributed by atoms with van der Waals surface area (Å²) in [6, 6.07) is 78.6. The van der Waals surface area contributed by atoms with Crippen molar-refractivity contribution in [2.75, 3.05) is 0 Å². The Morgan fingerprint density at radius 1 is 0.368 bits per heavy atom. The summed E-state index contributed by atoms with van der Waals surface area (Å²) in [7, 11) is 0. The molecule has 0 aliphatic rings. The van der Waals surface area contributed by atoms with Crippen molar-refractivity contribution in [3.05, 3.63) is 218 Å². The highest BCUT2D eigenvalue weighted by Crippen LogP contribution is 2.44. The monoisotopic (exact) mass is 884 g/mol. The second-order valence-electron chi connectivity index (χ2n) is 17.7. The van der Waals surface area contributed by atoms with Crippen LogP contribution in [0.15, 0.2) is 223 Å². The van der Waals surface area contributed by atoms with Crippen LogP contribution in [0, 0.1) is 0 Å². The van der Waals surface area contributed by atoms with E-state index < -0.39 is 0 Å². The minimum Gasteiger partial charge on any atom is -0.438 e. The molecule has 10 aromatic carbocycles. The van der Waals surface area contributed by atoms with Crippen LogP contribution in [0.5, 0.6) is 0 Å². The molecule has 0 bridgehead atoms. The summed E-state index contributed by atoms with van der Waals surface area (Å²) >= 11 is 1.87. The molecule has 0 unspecified atom stereocenters. The van der Waals surface area contributed by atoms with Gasteiger partial charge in [0.2, 0.25) is 5.71 Å². The Hall–Kier alpha value is -8.84. The minimum atomic E-state index is 0.575. The number of benzene rings is 10. The van der Waals surface area contributed by atoms with E-state index in [1.807, 2.05) is 35.6 Å². The van der Waals surface area contributed by atoms with Crippen LogP contribution in [0.2, 0.25) is 0 Å². The summed E-state index contributed by atoms with van der Waals surface area (Å²) in [5.41, 5.74) is 13.3. The molecule has 0 atom stereocenters. The lowest BCUT2D eigenvalue weighted by molar-refractivity contribution is 0.653. The van der Waals surface area contributed by atoms with E-state index in [9.17, 15) is 0 Å². The first-order valence-corrected chi connectivity index (χ1v) is 23.8. The highest BCUT2D eigenvalue weighted by Gasteiger charge is 2.21. The third kappa shape index (κ3) is 5.49. The van der Waals surface area contributed by atoms with Gasteiger partial charge >= 0.3 is 0 Å². The van der Waals surface area contributed by atoms with Crippen molar-refractivity contribution in [3.8, 4) is 45.1 Å². The number of fused-ring (bicyclic) bond motifs is 14. The molecule has 0 saturated carbocycles. The molecule has 0 radical (unpaired) electrons. The van der Waals surface area contributed by atoms with Gasteiger partial charge in [-0.1, -0.05) is 140 Å². The second kappa shape index (κ2) is 14.3. The fraction of sp³-hybridized carbons (Fsp3) is 0. The van der Waals surface area contributed by atoms with E-state index in [1.54, 1.807) is 0 Å². The van der Waals surface area contributed by atoms with Gasteiger partial charge in [-0.3, -0.25) is 0 Å². The van der Waals surface area contributed by atoms with Crippen molar-refractivity contribution in [3.63, 3.8) is 0 Å². The van der Waals surface area contributed by atoms with Crippen LogP contribution < -0.4 is 0 Å². The summed E-state index contributed by atoms with van der Waals surface area (Å²) < 4.78 is 13.9. The van der Waals surface area contributed by atoms with Crippen molar-refractivity contribution in [2.24, 2.45) is 0 Å². The van der Waals surface area contributed by atoms with Crippen molar-refractivity contribution < 1.29 is 4.42 Å². The van der Waals surface area contributed by atoms with Gasteiger partial charge in [0.05, 0.1) is 33.1 Å². The Labute approximate surface area is 393 Å². The normalized spacial score (nSPS) is 12.1. The first-order chi connectivity index (χ1) is 33.7. The average molecular weight is 885 g/mol. The van der Waals surface area contributed by atoms with Gasteiger partial charge in [0.1, 0.15) is 5.58 Å². The second-order valence-corrected chi connectivity index (χ2v) is 18.8. The molecule has 316 valence electrons. The van der Waals surface area contributed by atoms with Crippen LogP contribution in [-0.4, -0.2) is 19.1 Å². The summed E-state index contributed by atoms with van der Waals surface area (Å²) in [5.74, 6) is 0.613. The van der Waals surface area contributed by atoms with E-state index in [4.69, 9.17) is 14.4 Å². The molecule has 5 heterocycles. The third-order valence-corrected chi connectivity index (χ3v) is 15.1. The van der Waals surface area contributed by atoms with E-state index in [-0.39, 0.29) is 0 Å².